The quantitative estimate of drug-likeness (QED) is 0.108. The third-order valence-corrected chi connectivity index (χ3v) is 5.09. The lowest BCUT2D eigenvalue weighted by molar-refractivity contribution is -0.384. The van der Waals surface area contributed by atoms with Crippen molar-refractivity contribution in [2.45, 2.75) is 0 Å². The number of nitro groups is 1. The number of rotatable bonds is 6. The van der Waals surface area contributed by atoms with E-state index in [1.165, 1.54) is 31.4 Å². The zero-order valence-corrected chi connectivity index (χ0v) is 18.4. The molecule has 34 heavy (non-hydrogen) atoms. The first-order chi connectivity index (χ1) is 16.4. The maximum atomic E-state index is 12.9. The lowest BCUT2D eigenvalue weighted by Gasteiger charge is -2.11. The molecule has 0 atom stereocenters. The molecule has 0 aliphatic rings. The van der Waals surface area contributed by atoms with E-state index in [2.05, 4.69) is 10.2 Å². The van der Waals surface area contributed by atoms with Gasteiger partial charge in [-0.3, -0.25) is 10.1 Å². The average Bonchev–Trinajstić information content (AvgIpc) is 2.83. The van der Waals surface area contributed by atoms with Crippen molar-refractivity contribution in [2.24, 2.45) is 10.2 Å². The number of fused-ring (bicyclic) bond motifs is 1. The second kappa shape index (κ2) is 9.55. The van der Waals surface area contributed by atoms with Crippen LogP contribution in [-0.4, -0.2) is 23.1 Å². The monoisotopic (exact) mass is 477 g/mol. The summed E-state index contributed by atoms with van der Waals surface area (Å²) in [4.78, 5) is 23.6. The fraction of sp³-hybridized carbons (Fsp3) is 0.0417. The van der Waals surface area contributed by atoms with Gasteiger partial charge >= 0.3 is 5.97 Å². The standard InChI is InChI=1S/C24H16ClN3O6/c1-33-16-6-4-7-17(13-16)34-24(30)19-11-14-5-2-3-8-18(14)22(23(19)29)27-26-20-10-9-15(25)12-21(20)28(31)32/h2-13,29H,1H3. The van der Waals surface area contributed by atoms with Crippen molar-refractivity contribution < 1.29 is 24.3 Å². The number of esters is 1. The van der Waals surface area contributed by atoms with Crippen LogP contribution in [0.2, 0.25) is 5.02 Å². The predicted octanol–water partition coefficient (Wildman–Crippen LogP) is 6.75. The highest BCUT2D eigenvalue weighted by Crippen LogP contribution is 2.41. The summed E-state index contributed by atoms with van der Waals surface area (Å²) >= 11 is 5.85. The lowest BCUT2D eigenvalue weighted by atomic mass is 10.0. The maximum absolute atomic E-state index is 12.9. The van der Waals surface area contributed by atoms with Crippen LogP contribution >= 0.6 is 11.6 Å². The van der Waals surface area contributed by atoms with Crippen molar-refractivity contribution in [3.63, 3.8) is 0 Å². The number of nitro benzene ring substituents is 1. The molecular formula is C24H16ClN3O6. The number of halogens is 1. The van der Waals surface area contributed by atoms with E-state index in [1.807, 2.05) is 0 Å². The SMILES string of the molecule is COc1cccc(OC(=O)c2cc3ccccc3c(N=Nc3ccc(Cl)cc3[N+](=O)[O-])c2O)c1. The van der Waals surface area contributed by atoms with E-state index in [1.54, 1.807) is 42.5 Å². The fourth-order valence-corrected chi connectivity index (χ4v) is 3.40. The van der Waals surface area contributed by atoms with Crippen molar-refractivity contribution >= 4 is 45.4 Å². The van der Waals surface area contributed by atoms with Gasteiger partial charge in [-0.25, -0.2) is 4.79 Å². The number of aromatic hydroxyl groups is 1. The van der Waals surface area contributed by atoms with Crippen LogP contribution in [0.5, 0.6) is 17.2 Å². The van der Waals surface area contributed by atoms with E-state index >= 15 is 0 Å². The third kappa shape index (κ3) is 4.64. The second-order valence-electron chi connectivity index (χ2n) is 7.00. The summed E-state index contributed by atoms with van der Waals surface area (Å²) in [6.45, 7) is 0. The molecule has 10 heteroatoms. The van der Waals surface area contributed by atoms with Gasteiger partial charge in [0.2, 0.25) is 0 Å². The van der Waals surface area contributed by atoms with Gasteiger partial charge in [0.15, 0.2) is 11.4 Å². The minimum atomic E-state index is -0.828. The Morgan fingerprint density at radius 2 is 1.76 bits per heavy atom. The highest BCUT2D eigenvalue weighted by molar-refractivity contribution is 6.30. The number of carbonyl (C=O) groups excluding carboxylic acids is 1. The number of methoxy groups -OCH3 is 1. The van der Waals surface area contributed by atoms with E-state index in [0.29, 0.717) is 16.5 Å². The van der Waals surface area contributed by atoms with Crippen molar-refractivity contribution in [1.29, 1.82) is 0 Å². The summed E-state index contributed by atoms with van der Waals surface area (Å²) in [5, 5.41) is 31.5. The molecule has 0 saturated heterocycles. The second-order valence-corrected chi connectivity index (χ2v) is 7.44. The molecule has 0 fully saturated rings. The summed E-state index contributed by atoms with van der Waals surface area (Å²) in [5.74, 6) is -0.596. The van der Waals surface area contributed by atoms with Gasteiger partial charge in [-0.05, 0) is 35.7 Å². The topological polar surface area (TPSA) is 124 Å². The predicted molar refractivity (Wildman–Crippen MR) is 126 cm³/mol. The highest BCUT2D eigenvalue weighted by Gasteiger charge is 2.21. The van der Waals surface area contributed by atoms with Gasteiger partial charge in [-0.1, -0.05) is 41.9 Å². The van der Waals surface area contributed by atoms with Crippen LogP contribution in [-0.2, 0) is 0 Å². The highest BCUT2D eigenvalue weighted by atomic mass is 35.5. The lowest BCUT2D eigenvalue weighted by Crippen LogP contribution is -2.09. The Labute approximate surface area is 198 Å². The Morgan fingerprint density at radius 3 is 2.53 bits per heavy atom. The largest absolute Gasteiger partial charge is 0.505 e. The van der Waals surface area contributed by atoms with Gasteiger partial charge in [-0.15, -0.1) is 10.2 Å². The molecule has 0 heterocycles. The number of carbonyl (C=O) groups is 1. The van der Waals surface area contributed by atoms with Crippen LogP contribution in [0.4, 0.5) is 17.1 Å². The maximum Gasteiger partial charge on any atom is 0.347 e. The zero-order valence-electron chi connectivity index (χ0n) is 17.6. The molecule has 0 aliphatic carbocycles. The summed E-state index contributed by atoms with van der Waals surface area (Å²) in [6, 6.07) is 18.7. The minimum absolute atomic E-state index is 0.0417. The van der Waals surface area contributed by atoms with Crippen LogP contribution in [0.15, 0.2) is 83.0 Å². The number of azo groups is 1. The number of hydrogen-bond donors (Lipinski definition) is 1. The van der Waals surface area contributed by atoms with E-state index in [-0.39, 0.29) is 33.4 Å². The molecular weight excluding hydrogens is 462 g/mol. The molecule has 0 radical (unpaired) electrons. The molecule has 9 nitrogen and oxygen atoms in total. The number of ether oxygens (including phenoxy) is 2. The summed E-state index contributed by atoms with van der Waals surface area (Å²) < 4.78 is 10.5. The molecule has 1 N–H and O–H groups in total. The number of nitrogens with zero attached hydrogens (tertiary/aromatic N) is 3. The van der Waals surface area contributed by atoms with E-state index in [4.69, 9.17) is 21.1 Å². The van der Waals surface area contributed by atoms with Crippen LogP contribution in [0.3, 0.4) is 0 Å². The molecule has 0 unspecified atom stereocenters. The molecule has 0 aromatic heterocycles. The Hall–Kier alpha value is -4.50. The molecule has 170 valence electrons. The zero-order chi connectivity index (χ0) is 24.2. The molecule has 0 spiro atoms. The number of phenols is 1. The fourth-order valence-electron chi connectivity index (χ4n) is 3.23. The molecule has 4 aromatic carbocycles. The van der Waals surface area contributed by atoms with Gasteiger partial charge in [0, 0.05) is 22.5 Å². The first kappa shape index (κ1) is 22.7. The van der Waals surface area contributed by atoms with E-state index in [9.17, 15) is 20.0 Å². The summed E-state index contributed by atoms with van der Waals surface area (Å²) in [7, 11) is 1.48. The van der Waals surface area contributed by atoms with E-state index in [0.717, 1.165) is 6.07 Å². The molecule has 4 aromatic rings. The van der Waals surface area contributed by atoms with Gasteiger partial charge in [-0.2, -0.15) is 0 Å². The molecule has 0 bridgehead atoms. The normalized spacial score (nSPS) is 11.0. The van der Waals surface area contributed by atoms with Crippen molar-refractivity contribution in [3.8, 4) is 17.2 Å². The van der Waals surface area contributed by atoms with Crippen LogP contribution in [0, 0.1) is 10.1 Å². The Bertz CT molecular complexity index is 1450. The van der Waals surface area contributed by atoms with Crippen molar-refractivity contribution in [1.82, 2.24) is 0 Å². The molecule has 0 aliphatic heterocycles. The van der Waals surface area contributed by atoms with Crippen molar-refractivity contribution in [2.75, 3.05) is 7.11 Å². The van der Waals surface area contributed by atoms with Crippen LogP contribution in [0.1, 0.15) is 10.4 Å². The van der Waals surface area contributed by atoms with Gasteiger partial charge < -0.3 is 14.6 Å². The van der Waals surface area contributed by atoms with Crippen LogP contribution in [0.25, 0.3) is 10.8 Å². The Morgan fingerprint density at radius 1 is 1.00 bits per heavy atom. The van der Waals surface area contributed by atoms with Crippen molar-refractivity contribution in [3.05, 3.63) is 93.5 Å². The summed E-state index contributed by atoms with van der Waals surface area (Å²) in [5.41, 5.74) is -0.614. The van der Waals surface area contributed by atoms with Gasteiger partial charge in [0.1, 0.15) is 22.7 Å². The summed E-state index contributed by atoms with van der Waals surface area (Å²) in [6.07, 6.45) is 0. The van der Waals surface area contributed by atoms with Gasteiger partial charge in [0.25, 0.3) is 5.69 Å². The molecule has 0 amide bonds. The third-order valence-electron chi connectivity index (χ3n) is 4.86. The minimum Gasteiger partial charge on any atom is -0.505 e. The number of benzene rings is 4. The Balaban J connectivity index is 1.78. The first-order valence-corrected chi connectivity index (χ1v) is 10.2. The van der Waals surface area contributed by atoms with E-state index < -0.39 is 16.6 Å². The Kier molecular flexibility index (Phi) is 6.37. The molecule has 0 saturated carbocycles. The van der Waals surface area contributed by atoms with Crippen LogP contribution < -0.4 is 9.47 Å². The number of phenolic OH excluding ortho intramolecular Hbond substituents is 1. The average molecular weight is 478 g/mol. The first-order valence-electron chi connectivity index (χ1n) is 9.84. The number of hydrogen-bond acceptors (Lipinski definition) is 8. The van der Waals surface area contributed by atoms with Gasteiger partial charge in [0.05, 0.1) is 12.0 Å². The smallest absolute Gasteiger partial charge is 0.347 e. The molecule has 4 rings (SSSR count).